The van der Waals surface area contributed by atoms with E-state index in [0.717, 1.165) is 0 Å². The van der Waals surface area contributed by atoms with Crippen LogP contribution in [0.4, 0.5) is 0 Å². The fraction of sp³-hybridized carbons (Fsp3) is 0. The number of hydrogen-bond donors (Lipinski definition) is 2. The fourth-order valence-corrected chi connectivity index (χ4v) is 0. The summed E-state index contributed by atoms with van der Waals surface area (Å²) in [5.41, 5.74) is 0. The summed E-state index contributed by atoms with van der Waals surface area (Å²) in [5, 5.41) is 7.13. The van der Waals surface area contributed by atoms with Crippen molar-refractivity contribution in [1.29, 1.82) is 0 Å². The molecule has 0 aromatic carbocycles. The van der Waals surface area contributed by atoms with Crippen LogP contribution in [0, 0.1) is 0 Å². The molecule has 0 heterocycles. The minimum absolute atomic E-state index is 0. The zero-order valence-electron chi connectivity index (χ0n) is 2.21. The van der Waals surface area contributed by atoms with Gasteiger partial charge in [0.25, 0.3) is 0 Å². The summed E-state index contributed by atoms with van der Waals surface area (Å²) in [6.07, 6.45) is 0. The van der Waals surface area contributed by atoms with E-state index in [1.807, 2.05) is 0 Å². The van der Waals surface area contributed by atoms with Crippen LogP contribution < -0.4 is 0 Å². The Morgan fingerprint density at radius 2 is 1.83 bits per heavy atom. The lowest BCUT2D eigenvalue weighted by molar-refractivity contribution is -0.161. The van der Waals surface area contributed by atoms with E-state index in [0.29, 0.717) is 0 Å². The summed E-state index contributed by atoms with van der Waals surface area (Å²) < 4.78 is 11.9. The third-order valence-corrected chi connectivity index (χ3v) is 0.234. The quantitative estimate of drug-likeness (QED) is 0.238. The first-order chi connectivity index (χ1) is 2.27. The Morgan fingerprint density at radius 1 is 1.67 bits per heavy atom. The molecule has 0 saturated heterocycles. The maximum absolute atomic E-state index is 9.08. The molecule has 0 aliphatic heterocycles. The van der Waals surface area contributed by atoms with Crippen LogP contribution in [0.2, 0.25) is 0 Å². The Labute approximate surface area is 51.7 Å². The second-order valence-corrected chi connectivity index (χ2v) is 1.07. The molecule has 0 saturated carbocycles. The maximum Gasteiger partial charge on any atom is 0.798 e. The average Bonchev–Trinajstić information content (AvgIpc) is 1.38. The fourth-order valence-electron chi connectivity index (χ4n) is 0. The zero-order chi connectivity index (χ0) is 4.28. The van der Waals surface area contributed by atoms with E-state index in [9.17, 15) is 0 Å². The molecule has 6 heavy (non-hydrogen) atoms. The highest BCUT2D eigenvalue weighted by molar-refractivity contribution is 6.23. The SMILES string of the molecule is O=[Si](O)OO.[MgH2]. The molecule has 0 atom stereocenters. The summed E-state index contributed by atoms with van der Waals surface area (Å²) in [6.45, 7) is 0. The summed E-state index contributed by atoms with van der Waals surface area (Å²) in [6, 6.07) is 0. The monoisotopic (exact) mass is 120 g/mol. The van der Waals surface area contributed by atoms with Crippen molar-refractivity contribution >= 4 is 32.2 Å². The van der Waals surface area contributed by atoms with Crippen LogP contribution in [0.3, 0.4) is 0 Å². The van der Waals surface area contributed by atoms with Gasteiger partial charge in [0.15, 0.2) is 0 Å². The third kappa shape index (κ3) is 8.84. The van der Waals surface area contributed by atoms with Crippen LogP contribution in [-0.2, 0) is 9.04 Å². The van der Waals surface area contributed by atoms with Gasteiger partial charge in [-0.15, -0.1) is 0 Å². The Kier molecular flexibility index (Phi) is 8.55. The average molecular weight is 120 g/mol. The van der Waals surface area contributed by atoms with Gasteiger partial charge >= 0.3 is 32.2 Å². The molecule has 0 amide bonds. The lowest BCUT2D eigenvalue weighted by Crippen LogP contribution is -1.99. The van der Waals surface area contributed by atoms with Gasteiger partial charge < -0.3 is 9.37 Å². The zero-order valence-corrected chi connectivity index (χ0v) is 3.21. The minimum atomic E-state index is -3.07. The van der Waals surface area contributed by atoms with Crippen molar-refractivity contribution in [3.05, 3.63) is 0 Å². The van der Waals surface area contributed by atoms with Gasteiger partial charge in [-0.05, 0) is 0 Å². The Morgan fingerprint density at radius 3 is 1.83 bits per heavy atom. The highest BCUT2D eigenvalue weighted by Gasteiger charge is 1.97. The van der Waals surface area contributed by atoms with Gasteiger partial charge in [0.05, 0.1) is 0 Å². The van der Waals surface area contributed by atoms with Gasteiger partial charge in [-0.3, -0.25) is 4.46 Å². The first-order valence-electron chi connectivity index (χ1n) is 0.814. The summed E-state index contributed by atoms with van der Waals surface area (Å²) in [4.78, 5) is 7.44. The van der Waals surface area contributed by atoms with E-state index in [1.54, 1.807) is 0 Å². The third-order valence-electron chi connectivity index (χ3n) is 0.0781. The lowest BCUT2D eigenvalue weighted by Gasteiger charge is -1.73. The molecule has 0 rings (SSSR count). The highest BCUT2D eigenvalue weighted by Crippen LogP contribution is 1.49. The Balaban J connectivity index is 0. The van der Waals surface area contributed by atoms with Crippen molar-refractivity contribution in [1.82, 2.24) is 0 Å². The van der Waals surface area contributed by atoms with E-state index in [2.05, 4.69) is 4.58 Å². The van der Waals surface area contributed by atoms with Crippen LogP contribution in [0.25, 0.3) is 0 Å². The normalized spacial score (nSPS) is 5.50. The number of rotatable bonds is 1. The molecule has 0 aromatic rings. The molecule has 6 heteroatoms. The van der Waals surface area contributed by atoms with E-state index in [4.69, 9.17) is 14.5 Å². The molecule has 2 N–H and O–H groups in total. The van der Waals surface area contributed by atoms with E-state index in [-0.39, 0.29) is 23.1 Å². The van der Waals surface area contributed by atoms with Crippen molar-refractivity contribution in [2.45, 2.75) is 0 Å². The molecule has 0 radical (unpaired) electrons. The second kappa shape index (κ2) is 5.34. The van der Waals surface area contributed by atoms with Gasteiger partial charge in [0, 0.05) is 0 Å². The van der Waals surface area contributed by atoms with E-state index in [1.165, 1.54) is 0 Å². The Bertz CT molecular complexity index is 42.8. The molecule has 4 nitrogen and oxygen atoms in total. The summed E-state index contributed by atoms with van der Waals surface area (Å²) >= 11 is 0. The van der Waals surface area contributed by atoms with Gasteiger partial charge in [-0.2, -0.15) is 0 Å². The minimum Gasteiger partial charge on any atom is -0.510 e. The van der Waals surface area contributed by atoms with Crippen molar-refractivity contribution in [2.24, 2.45) is 0 Å². The highest BCUT2D eigenvalue weighted by atomic mass is 28.3. The predicted molar refractivity (Wildman–Crippen MR) is 20.9 cm³/mol. The second-order valence-electron chi connectivity index (χ2n) is 0.357. The Hall–Kier alpha value is 0.343. The smallest absolute Gasteiger partial charge is 0.510 e. The molecule has 0 fully saturated rings. The standard InChI is InChI=1S/Mg.H2O4Si.2H/c;1-4-5(2)3;;/h;1-2H;;. The van der Waals surface area contributed by atoms with Crippen molar-refractivity contribution in [3.63, 3.8) is 0 Å². The predicted octanol–water partition coefficient (Wildman–Crippen LogP) is -2.03. The molecular weight excluding hydrogens is 116 g/mol. The first kappa shape index (κ1) is 9.60. The van der Waals surface area contributed by atoms with Gasteiger partial charge in [-0.25, -0.2) is 5.26 Å². The van der Waals surface area contributed by atoms with Gasteiger partial charge in [0.1, 0.15) is 0 Å². The van der Waals surface area contributed by atoms with E-state index >= 15 is 0 Å². The molecule has 0 aliphatic carbocycles. The molecule has 0 aliphatic rings. The van der Waals surface area contributed by atoms with Gasteiger partial charge in [0.2, 0.25) is 0 Å². The van der Waals surface area contributed by atoms with Gasteiger partial charge in [-0.1, -0.05) is 0 Å². The molecule has 0 aromatic heterocycles. The molecule has 0 bridgehead atoms. The van der Waals surface area contributed by atoms with Crippen molar-refractivity contribution in [2.75, 3.05) is 0 Å². The topological polar surface area (TPSA) is 66.8 Å². The first-order valence-corrected chi connectivity index (χ1v) is 2.08. The maximum atomic E-state index is 9.08. The molecule has 0 unspecified atom stereocenters. The van der Waals surface area contributed by atoms with Crippen LogP contribution in [0.5, 0.6) is 0 Å². The lowest BCUT2D eigenvalue weighted by atomic mass is 15.0. The molecular formula is H4MgO4Si. The molecule has 34 valence electrons. The van der Waals surface area contributed by atoms with Crippen molar-refractivity contribution < 1.29 is 19.1 Å². The van der Waals surface area contributed by atoms with Crippen LogP contribution in [-0.4, -0.2) is 42.3 Å². The van der Waals surface area contributed by atoms with E-state index < -0.39 is 9.17 Å². The van der Waals surface area contributed by atoms with Crippen molar-refractivity contribution in [3.8, 4) is 0 Å². The largest absolute Gasteiger partial charge is 0.798 e. The summed E-state index contributed by atoms with van der Waals surface area (Å²) in [7, 11) is -3.07. The number of hydrogen-bond acceptors (Lipinski definition) is 3. The molecule has 0 spiro atoms. The summed E-state index contributed by atoms with van der Waals surface area (Å²) in [5.74, 6) is 0. The van der Waals surface area contributed by atoms with Crippen LogP contribution >= 0.6 is 0 Å². The van der Waals surface area contributed by atoms with Crippen LogP contribution in [0.1, 0.15) is 0 Å². The van der Waals surface area contributed by atoms with Crippen LogP contribution in [0.15, 0.2) is 0 Å².